The molecule has 0 amide bonds. The summed E-state index contributed by atoms with van der Waals surface area (Å²) in [6, 6.07) is 6.51. The molecular weight excluding hydrogens is 362 g/mol. The minimum atomic E-state index is 0.290. The number of nitrogens with one attached hydrogen (secondary N) is 1. The van der Waals surface area contributed by atoms with E-state index in [2.05, 4.69) is 56.2 Å². The van der Waals surface area contributed by atoms with Crippen LogP contribution >= 0.6 is 31.9 Å². The molecule has 1 unspecified atom stereocenters. The number of rotatable bonds is 8. The molecule has 0 radical (unpaired) electrons. The Kier molecular flexibility index (Phi) is 8.10. The van der Waals surface area contributed by atoms with Crippen molar-refractivity contribution >= 4 is 31.9 Å². The van der Waals surface area contributed by atoms with E-state index in [4.69, 9.17) is 9.47 Å². The van der Waals surface area contributed by atoms with Gasteiger partial charge in [-0.3, -0.25) is 0 Å². The first-order valence-electron chi connectivity index (χ1n) is 5.90. The minimum absolute atomic E-state index is 0.290. The van der Waals surface area contributed by atoms with Gasteiger partial charge in [0.1, 0.15) is 0 Å². The fraction of sp³-hybridized carbons (Fsp3) is 0.538. The zero-order valence-corrected chi connectivity index (χ0v) is 13.9. The molecular formula is C13H19Br2NO2. The van der Waals surface area contributed by atoms with Crippen LogP contribution in [-0.4, -0.2) is 33.5 Å². The Morgan fingerprint density at radius 3 is 2.67 bits per heavy atom. The molecule has 18 heavy (non-hydrogen) atoms. The van der Waals surface area contributed by atoms with E-state index < -0.39 is 0 Å². The standard InChI is InChI=1S/C13H19Br2NO2/c1-10(16-5-6-18-8-7-17-2)12-4-3-11(14)9-13(12)15/h3-4,9-10,16H,5-8H2,1-2H3. The van der Waals surface area contributed by atoms with Gasteiger partial charge in [0.05, 0.1) is 19.8 Å². The van der Waals surface area contributed by atoms with Crippen LogP contribution in [0.1, 0.15) is 18.5 Å². The van der Waals surface area contributed by atoms with Crippen LogP contribution in [0.5, 0.6) is 0 Å². The lowest BCUT2D eigenvalue weighted by Gasteiger charge is -2.16. The Morgan fingerprint density at radius 2 is 2.00 bits per heavy atom. The Hall–Kier alpha value is 0.0600. The van der Waals surface area contributed by atoms with E-state index in [0.717, 1.165) is 15.5 Å². The predicted octanol–water partition coefficient (Wildman–Crippen LogP) is 3.53. The van der Waals surface area contributed by atoms with Crippen LogP contribution in [-0.2, 0) is 9.47 Å². The van der Waals surface area contributed by atoms with Crippen LogP contribution in [0, 0.1) is 0 Å². The highest BCUT2D eigenvalue weighted by Crippen LogP contribution is 2.26. The fourth-order valence-corrected chi connectivity index (χ4v) is 2.95. The lowest BCUT2D eigenvalue weighted by Crippen LogP contribution is -2.24. The van der Waals surface area contributed by atoms with Crippen molar-refractivity contribution < 1.29 is 9.47 Å². The van der Waals surface area contributed by atoms with Gasteiger partial charge in [0.15, 0.2) is 0 Å². The number of halogens is 2. The molecule has 102 valence electrons. The quantitative estimate of drug-likeness (QED) is 0.700. The number of hydrogen-bond donors (Lipinski definition) is 1. The second-order valence-corrected chi connectivity index (χ2v) is 5.72. The molecule has 0 heterocycles. The summed E-state index contributed by atoms with van der Waals surface area (Å²) in [5.41, 5.74) is 1.25. The largest absolute Gasteiger partial charge is 0.382 e. The molecule has 0 bridgehead atoms. The van der Waals surface area contributed by atoms with E-state index in [0.29, 0.717) is 25.9 Å². The third-order valence-corrected chi connectivity index (χ3v) is 3.74. The molecule has 0 aromatic heterocycles. The van der Waals surface area contributed by atoms with Gasteiger partial charge in [-0.1, -0.05) is 37.9 Å². The smallest absolute Gasteiger partial charge is 0.0700 e. The average Bonchev–Trinajstić information content (AvgIpc) is 2.33. The normalized spacial score (nSPS) is 12.7. The summed E-state index contributed by atoms with van der Waals surface area (Å²) in [4.78, 5) is 0. The number of ether oxygens (including phenoxy) is 2. The van der Waals surface area contributed by atoms with Crippen LogP contribution in [0.4, 0.5) is 0 Å². The zero-order valence-electron chi connectivity index (χ0n) is 10.7. The molecule has 3 nitrogen and oxygen atoms in total. The Labute approximate surface area is 125 Å². The van der Waals surface area contributed by atoms with Crippen molar-refractivity contribution in [1.82, 2.24) is 5.32 Å². The van der Waals surface area contributed by atoms with Crippen molar-refractivity contribution in [2.45, 2.75) is 13.0 Å². The van der Waals surface area contributed by atoms with E-state index in [1.807, 2.05) is 6.07 Å². The Balaban J connectivity index is 2.29. The Bertz CT molecular complexity index is 361. The van der Waals surface area contributed by atoms with Gasteiger partial charge in [-0.2, -0.15) is 0 Å². The summed E-state index contributed by atoms with van der Waals surface area (Å²) in [5, 5.41) is 3.42. The van der Waals surface area contributed by atoms with Crippen LogP contribution in [0.2, 0.25) is 0 Å². The molecule has 1 atom stereocenters. The number of methoxy groups -OCH3 is 1. The van der Waals surface area contributed by atoms with Gasteiger partial charge in [-0.25, -0.2) is 0 Å². The number of hydrogen-bond acceptors (Lipinski definition) is 3. The van der Waals surface area contributed by atoms with Gasteiger partial charge >= 0.3 is 0 Å². The minimum Gasteiger partial charge on any atom is -0.382 e. The van der Waals surface area contributed by atoms with E-state index in [1.165, 1.54) is 5.56 Å². The van der Waals surface area contributed by atoms with E-state index in [1.54, 1.807) is 7.11 Å². The molecule has 1 N–H and O–H groups in total. The monoisotopic (exact) mass is 379 g/mol. The second-order valence-electron chi connectivity index (χ2n) is 3.95. The molecule has 5 heteroatoms. The fourth-order valence-electron chi connectivity index (χ4n) is 1.55. The average molecular weight is 381 g/mol. The summed E-state index contributed by atoms with van der Waals surface area (Å²) in [7, 11) is 1.68. The van der Waals surface area contributed by atoms with Gasteiger partial charge in [0, 0.05) is 28.6 Å². The highest BCUT2D eigenvalue weighted by atomic mass is 79.9. The van der Waals surface area contributed by atoms with Gasteiger partial charge in [-0.05, 0) is 24.6 Å². The first kappa shape index (κ1) is 16.1. The molecule has 0 saturated carbocycles. The van der Waals surface area contributed by atoms with Gasteiger partial charge in [0.25, 0.3) is 0 Å². The van der Waals surface area contributed by atoms with Crippen molar-refractivity contribution in [3.05, 3.63) is 32.7 Å². The van der Waals surface area contributed by atoms with Crippen molar-refractivity contribution in [1.29, 1.82) is 0 Å². The van der Waals surface area contributed by atoms with Crippen LogP contribution in [0.25, 0.3) is 0 Å². The van der Waals surface area contributed by atoms with Crippen molar-refractivity contribution in [2.75, 3.05) is 33.5 Å². The summed E-state index contributed by atoms with van der Waals surface area (Å²) < 4.78 is 12.5. The summed E-state index contributed by atoms with van der Waals surface area (Å²) in [5.74, 6) is 0. The zero-order chi connectivity index (χ0) is 13.4. The maximum Gasteiger partial charge on any atom is 0.0700 e. The van der Waals surface area contributed by atoms with Crippen LogP contribution in [0.15, 0.2) is 27.1 Å². The predicted molar refractivity (Wildman–Crippen MR) is 81.0 cm³/mol. The molecule has 0 fully saturated rings. The second kappa shape index (κ2) is 9.04. The molecule has 0 aliphatic heterocycles. The van der Waals surface area contributed by atoms with E-state index >= 15 is 0 Å². The lowest BCUT2D eigenvalue weighted by atomic mass is 10.1. The highest BCUT2D eigenvalue weighted by Gasteiger charge is 2.08. The van der Waals surface area contributed by atoms with Crippen LogP contribution in [0.3, 0.4) is 0 Å². The summed E-state index contributed by atoms with van der Waals surface area (Å²) >= 11 is 7.02. The van der Waals surface area contributed by atoms with E-state index in [9.17, 15) is 0 Å². The summed E-state index contributed by atoms with van der Waals surface area (Å²) in [6.45, 7) is 4.96. The molecule has 1 rings (SSSR count). The maximum atomic E-state index is 5.40. The third kappa shape index (κ3) is 5.80. The molecule has 0 aliphatic carbocycles. The third-order valence-electron chi connectivity index (χ3n) is 2.56. The van der Waals surface area contributed by atoms with Gasteiger partial charge < -0.3 is 14.8 Å². The molecule has 0 spiro atoms. The SMILES string of the molecule is COCCOCCNC(C)c1ccc(Br)cc1Br. The van der Waals surface area contributed by atoms with Crippen molar-refractivity contribution in [3.8, 4) is 0 Å². The summed E-state index contributed by atoms with van der Waals surface area (Å²) in [6.07, 6.45) is 0. The topological polar surface area (TPSA) is 30.5 Å². The van der Waals surface area contributed by atoms with Crippen molar-refractivity contribution in [2.24, 2.45) is 0 Å². The Morgan fingerprint density at radius 1 is 1.22 bits per heavy atom. The molecule has 1 aromatic carbocycles. The van der Waals surface area contributed by atoms with Gasteiger partial charge in [0.2, 0.25) is 0 Å². The van der Waals surface area contributed by atoms with Gasteiger partial charge in [-0.15, -0.1) is 0 Å². The van der Waals surface area contributed by atoms with Crippen LogP contribution < -0.4 is 5.32 Å². The molecule has 0 aliphatic rings. The first-order chi connectivity index (χ1) is 8.65. The van der Waals surface area contributed by atoms with E-state index in [-0.39, 0.29) is 0 Å². The first-order valence-corrected chi connectivity index (χ1v) is 7.48. The van der Waals surface area contributed by atoms with Crippen molar-refractivity contribution in [3.63, 3.8) is 0 Å². The molecule has 1 aromatic rings. The molecule has 0 saturated heterocycles. The lowest BCUT2D eigenvalue weighted by molar-refractivity contribution is 0.0712. The number of benzene rings is 1. The highest BCUT2D eigenvalue weighted by molar-refractivity contribution is 9.11. The maximum absolute atomic E-state index is 5.40.